The fourth-order valence-corrected chi connectivity index (χ4v) is 4.19. The van der Waals surface area contributed by atoms with E-state index >= 15 is 0 Å². The number of carboxylic acid groups (broad SMARTS) is 1. The van der Waals surface area contributed by atoms with Gasteiger partial charge in [0.2, 0.25) is 0 Å². The van der Waals surface area contributed by atoms with Crippen LogP contribution in [0.25, 0.3) is 0 Å². The van der Waals surface area contributed by atoms with Crippen LogP contribution in [0.4, 0.5) is 0 Å². The van der Waals surface area contributed by atoms with E-state index in [1.165, 1.54) is 0 Å². The molecule has 0 spiro atoms. The van der Waals surface area contributed by atoms with E-state index in [0.29, 0.717) is 11.1 Å². The molecule has 0 aliphatic rings. The first-order chi connectivity index (χ1) is 16.3. The van der Waals surface area contributed by atoms with Crippen LogP contribution in [0.5, 0.6) is 0 Å². The van der Waals surface area contributed by atoms with E-state index in [0.717, 1.165) is 0 Å². The molecule has 35 heavy (non-hydrogen) atoms. The first-order valence-corrected chi connectivity index (χ1v) is 14.5. The smallest absolute Gasteiger partial charge is 0.326 e. The second-order valence-corrected chi connectivity index (χ2v) is 14.8. The van der Waals surface area contributed by atoms with Crippen LogP contribution >= 0.6 is 0 Å². The van der Waals surface area contributed by atoms with E-state index < -0.39 is 44.3 Å². The van der Waals surface area contributed by atoms with Crippen molar-refractivity contribution in [3.8, 4) is 0 Å². The number of amides is 2. The molecule has 2 amide bonds. The maximum absolute atomic E-state index is 12.9. The number of aliphatic hydroxyl groups excluding tert-OH is 1. The van der Waals surface area contributed by atoms with Crippen LogP contribution in [0, 0.1) is 0 Å². The van der Waals surface area contributed by atoms with Crippen molar-refractivity contribution < 1.29 is 29.0 Å². The van der Waals surface area contributed by atoms with Gasteiger partial charge < -0.3 is 25.3 Å². The van der Waals surface area contributed by atoms with E-state index in [-0.39, 0.29) is 18.1 Å². The van der Waals surface area contributed by atoms with Crippen LogP contribution in [0.2, 0.25) is 18.1 Å². The summed E-state index contributed by atoms with van der Waals surface area (Å²) in [5.41, 5.74) is 0.875. The van der Waals surface area contributed by atoms with Crippen LogP contribution < -0.4 is 10.6 Å². The maximum Gasteiger partial charge on any atom is 0.326 e. The second kappa shape index (κ2) is 12.1. The number of nitrogens with one attached hydrogen (secondary N) is 2. The Kier molecular flexibility index (Phi) is 9.76. The Labute approximate surface area is 207 Å². The third-order valence-electron chi connectivity index (χ3n) is 6.36. The highest BCUT2D eigenvalue weighted by atomic mass is 28.4. The van der Waals surface area contributed by atoms with Gasteiger partial charge in [-0.3, -0.25) is 9.59 Å². The summed E-state index contributed by atoms with van der Waals surface area (Å²) in [4.78, 5) is 37.4. The normalized spacial score (nSPS) is 14.5. The summed E-state index contributed by atoms with van der Waals surface area (Å²) in [6, 6.07) is 14.7. The molecule has 0 aliphatic carbocycles. The largest absolute Gasteiger partial charge is 0.480 e. The van der Waals surface area contributed by atoms with Gasteiger partial charge in [0, 0.05) is 18.6 Å². The summed E-state index contributed by atoms with van der Waals surface area (Å²) in [7, 11) is -2.08. The van der Waals surface area contributed by atoms with Crippen molar-refractivity contribution in [1.82, 2.24) is 10.6 Å². The zero-order valence-corrected chi connectivity index (χ0v) is 21.9. The predicted octanol–water partition coefficient (Wildman–Crippen LogP) is 3.50. The number of benzene rings is 2. The van der Waals surface area contributed by atoms with Gasteiger partial charge >= 0.3 is 5.97 Å². The Morgan fingerprint density at radius 1 is 0.943 bits per heavy atom. The third-order valence-corrected chi connectivity index (χ3v) is 10.9. The van der Waals surface area contributed by atoms with Crippen LogP contribution in [0.15, 0.2) is 60.7 Å². The molecule has 0 radical (unpaired) electrons. The van der Waals surface area contributed by atoms with E-state index in [2.05, 4.69) is 44.5 Å². The Balaban J connectivity index is 2.13. The minimum atomic E-state index is -2.08. The maximum atomic E-state index is 12.9. The Hall–Kier alpha value is -3.01. The molecule has 0 unspecified atom stereocenters. The number of carboxylic acids is 1. The average Bonchev–Trinajstić information content (AvgIpc) is 2.81. The number of rotatable bonds is 11. The van der Waals surface area contributed by atoms with Crippen molar-refractivity contribution in [1.29, 1.82) is 0 Å². The topological polar surface area (TPSA) is 125 Å². The fourth-order valence-electron chi connectivity index (χ4n) is 3.13. The summed E-state index contributed by atoms with van der Waals surface area (Å²) in [5.74, 6) is -2.59. The highest BCUT2D eigenvalue weighted by Gasteiger charge is 2.38. The molecule has 190 valence electrons. The molecule has 2 aromatic carbocycles. The molecular weight excluding hydrogens is 464 g/mol. The van der Waals surface area contributed by atoms with Gasteiger partial charge in [-0.15, -0.1) is 0 Å². The summed E-state index contributed by atoms with van der Waals surface area (Å²) >= 11 is 0. The SMILES string of the molecule is CC(C)(C)[Si](C)(C)OCC[C@H](NC(=O)[C@H](O)[C@@H](NC(=O)c1ccccc1)c1ccccc1)C(=O)O. The molecule has 0 saturated heterocycles. The zero-order valence-electron chi connectivity index (χ0n) is 20.9. The van der Waals surface area contributed by atoms with Gasteiger partial charge in [0.1, 0.15) is 6.04 Å². The van der Waals surface area contributed by atoms with Crippen molar-refractivity contribution in [2.45, 2.75) is 63.5 Å². The first kappa shape index (κ1) is 28.2. The van der Waals surface area contributed by atoms with Crippen LogP contribution in [-0.4, -0.2) is 55.1 Å². The monoisotopic (exact) mass is 500 g/mol. The minimum Gasteiger partial charge on any atom is -0.480 e. The Morgan fingerprint density at radius 2 is 1.49 bits per heavy atom. The number of hydrogen-bond acceptors (Lipinski definition) is 5. The lowest BCUT2D eigenvalue weighted by Gasteiger charge is -2.36. The molecule has 0 bridgehead atoms. The van der Waals surface area contributed by atoms with E-state index in [1.807, 2.05) is 0 Å². The molecular formula is C26H36N2O6Si. The third kappa shape index (κ3) is 8.02. The molecule has 0 fully saturated rings. The molecule has 3 atom stereocenters. The molecule has 0 aromatic heterocycles. The van der Waals surface area contributed by atoms with Crippen molar-refractivity contribution in [3.05, 3.63) is 71.8 Å². The molecule has 8 nitrogen and oxygen atoms in total. The summed E-state index contributed by atoms with van der Waals surface area (Å²) in [6.07, 6.45) is -1.67. The zero-order chi connectivity index (χ0) is 26.2. The Morgan fingerprint density at radius 3 is 2.00 bits per heavy atom. The number of aliphatic hydroxyl groups is 1. The van der Waals surface area contributed by atoms with Crippen LogP contribution in [0.3, 0.4) is 0 Å². The molecule has 0 heterocycles. The molecule has 0 saturated carbocycles. The molecule has 9 heteroatoms. The van der Waals surface area contributed by atoms with Crippen molar-refractivity contribution in [3.63, 3.8) is 0 Å². The molecule has 2 rings (SSSR count). The van der Waals surface area contributed by atoms with Crippen molar-refractivity contribution >= 4 is 26.1 Å². The fraction of sp³-hybridized carbons (Fsp3) is 0.423. The number of carbonyl (C=O) groups is 3. The van der Waals surface area contributed by atoms with E-state index in [4.69, 9.17) is 4.43 Å². The number of carbonyl (C=O) groups excluding carboxylic acids is 2. The van der Waals surface area contributed by atoms with Gasteiger partial charge in [0.25, 0.3) is 11.8 Å². The van der Waals surface area contributed by atoms with Gasteiger partial charge in [0.05, 0.1) is 6.04 Å². The number of hydrogen-bond donors (Lipinski definition) is 4. The summed E-state index contributed by atoms with van der Waals surface area (Å²) in [5, 5.41) is 25.6. The van der Waals surface area contributed by atoms with Gasteiger partial charge in [0.15, 0.2) is 14.4 Å². The number of aliphatic carboxylic acids is 1. The predicted molar refractivity (Wildman–Crippen MR) is 136 cm³/mol. The molecule has 4 N–H and O–H groups in total. The van der Waals surface area contributed by atoms with E-state index in [9.17, 15) is 24.6 Å². The lowest BCUT2D eigenvalue weighted by Crippen LogP contribution is -2.51. The van der Waals surface area contributed by atoms with Crippen LogP contribution in [0.1, 0.15) is 49.2 Å². The summed E-state index contributed by atoms with van der Waals surface area (Å²) in [6.45, 7) is 10.5. The van der Waals surface area contributed by atoms with Crippen LogP contribution in [-0.2, 0) is 14.0 Å². The van der Waals surface area contributed by atoms with Gasteiger partial charge in [-0.25, -0.2) is 4.79 Å². The second-order valence-electron chi connectivity index (χ2n) is 9.97. The summed E-state index contributed by atoms with van der Waals surface area (Å²) < 4.78 is 6.04. The lowest BCUT2D eigenvalue weighted by atomic mass is 9.99. The van der Waals surface area contributed by atoms with Crippen molar-refractivity contribution in [2.24, 2.45) is 0 Å². The van der Waals surface area contributed by atoms with Gasteiger partial charge in [-0.1, -0.05) is 69.3 Å². The van der Waals surface area contributed by atoms with Gasteiger partial charge in [-0.05, 0) is 35.8 Å². The minimum absolute atomic E-state index is 0.0367. The molecule has 2 aromatic rings. The lowest BCUT2D eigenvalue weighted by molar-refractivity contribution is -0.144. The molecule has 0 aliphatic heterocycles. The highest BCUT2D eigenvalue weighted by molar-refractivity contribution is 6.74. The van der Waals surface area contributed by atoms with Gasteiger partial charge in [-0.2, -0.15) is 0 Å². The highest BCUT2D eigenvalue weighted by Crippen LogP contribution is 2.36. The first-order valence-electron chi connectivity index (χ1n) is 11.6. The van der Waals surface area contributed by atoms with Crippen molar-refractivity contribution in [2.75, 3.05) is 6.61 Å². The average molecular weight is 501 g/mol. The quantitative estimate of drug-likeness (QED) is 0.350. The van der Waals surface area contributed by atoms with E-state index in [1.54, 1.807) is 60.7 Å². The standard InChI is InChI=1S/C26H36N2O6Si/c1-26(2,3)35(4,5)34-17-16-20(25(32)33)27-24(31)22(29)21(18-12-8-6-9-13-18)28-23(30)19-14-10-7-11-15-19/h6-15,20-22,29H,16-17H2,1-5H3,(H,27,31)(H,28,30)(H,32,33)/t20-,21-,22+/m0/s1. The Bertz CT molecular complexity index is 992.